The number of pyridine rings is 1. The van der Waals surface area contributed by atoms with Crippen molar-refractivity contribution >= 4 is 5.69 Å². The number of ether oxygens (including phenoxy) is 1. The van der Waals surface area contributed by atoms with Crippen LogP contribution in [0.1, 0.15) is 19.5 Å². The molecule has 4 heteroatoms. The number of aromatic nitrogens is 1. The van der Waals surface area contributed by atoms with Gasteiger partial charge in [-0.2, -0.15) is 0 Å². The molecule has 0 fully saturated rings. The maximum atomic E-state index is 9.40. The summed E-state index contributed by atoms with van der Waals surface area (Å²) in [6, 6.07) is 3.34. The van der Waals surface area contributed by atoms with Crippen LogP contribution >= 0.6 is 0 Å². The molecule has 0 aliphatic rings. The lowest BCUT2D eigenvalue weighted by atomic mass is 10.1. The monoisotopic (exact) mass is 206 g/mol. The predicted octanol–water partition coefficient (Wildman–Crippen LogP) is 0.795. The van der Waals surface area contributed by atoms with Crippen LogP contribution in [-0.2, 0) is 0 Å². The van der Waals surface area contributed by atoms with Gasteiger partial charge in [-0.25, -0.2) is 4.98 Å². The Kier molecular flexibility index (Phi) is 3.17. The summed E-state index contributed by atoms with van der Waals surface area (Å²) in [4.78, 5) is 4.06. The van der Waals surface area contributed by atoms with E-state index in [1.54, 1.807) is 26.0 Å². The van der Waals surface area contributed by atoms with Crippen LogP contribution in [0.4, 0.5) is 5.69 Å². The summed E-state index contributed by atoms with van der Waals surface area (Å²) < 4.78 is 4.95. The van der Waals surface area contributed by atoms with Gasteiger partial charge in [0.1, 0.15) is 11.3 Å². The van der Waals surface area contributed by atoms with Gasteiger partial charge in [0.05, 0.1) is 12.8 Å². The standard InChI is InChI=1S/C11H14N2O2/c1-11(2,14)7-6-8-4-5-9(12)10(13-8)15-3/h4-5,14H,12H2,1-3H3. The summed E-state index contributed by atoms with van der Waals surface area (Å²) in [6.45, 7) is 3.21. The number of nitrogen functional groups attached to an aromatic ring is 1. The van der Waals surface area contributed by atoms with Gasteiger partial charge in [-0.3, -0.25) is 0 Å². The number of anilines is 1. The van der Waals surface area contributed by atoms with Crippen LogP contribution in [0.25, 0.3) is 0 Å². The Labute approximate surface area is 89.1 Å². The zero-order chi connectivity index (χ0) is 11.5. The number of hydrogen-bond donors (Lipinski definition) is 2. The Hall–Kier alpha value is -1.73. The fourth-order valence-electron chi connectivity index (χ4n) is 0.901. The van der Waals surface area contributed by atoms with Gasteiger partial charge in [0.15, 0.2) is 0 Å². The Morgan fingerprint density at radius 1 is 1.47 bits per heavy atom. The molecule has 0 aromatic carbocycles. The zero-order valence-electron chi connectivity index (χ0n) is 9.03. The smallest absolute Gasteiger partial charge is 0.238 e. The molecule has 0 unspecified atom stereocenters. The minimum absolute atomic E-state index is 0.345. The van der Waals surface area contributed by atoms with Crippen LogP contribution in [0, 0.1) is 11.8 Å². The molecule has 4 nitrogen and oxygen atoms in total. The molecule has 80 valence electrons. The molecule has 0 atom stereocenters. The average Bonchev–Trinajstić information content (AvgIpc) is 2.15. The van der Waals surface area contributed by atoms with E-state index >= 15 is 0 Å². The van der Waals surface area contributed by atoms with Gasteiger partial charge in [0.25, 0.3) is 0 Å². The zero-order valence-corrected chi connectivity index (χ0v) is 9.03. The lowest BCUT2D eigenvalue weighted by Gasteiger charge is -2.06. The van der Waals surface area contributed by atoms with Gasteiger partial charge in [-0.15, -0.1) is 0 Å². The highest BCUT2D eigenvalue weighted by molar-refractivity contribution is 5.50. The van der Waals surface area contributed by atoms with E-state index in [9.17, 15) is 5.11 Å². The van der Waals surface area contributed by atoms with Crippen molar-refractivity contribution in [2.75, 3.05) is 12.8 Å². The molecular formula is C11H14N2O2. The molecule has 15 heavy (non-hydrogen) atoms. The molecule has 0 saturated heterocycles. The molecule has 0 saturated carbocycles. The molecule has 3 N–H and O–H groups in total. The summed E-state index contributed by atoms with van der Waals surface area (Å²) in [5.74, 6) is 5.74. The largest absolute Gasteiger partial charge is 0.479 e. The van der Waals surface area contributed by atoms with Crippen molar-refractivity contribution in [3.63, 3.8) is 0 Å². The summed E-state index contributed by atoms with van der Waals surface area (Å²) in [6.07, 6.45) is 0. The van der Waals surface area contributed by atoms with Gasteiger partial charge >= 0.3 is 0 Å². The van der Waals surface area contributed by atoms with Crippen molar-refractivity contribution in [2.45, 2.75) is 19.4 Å². The Balaban J connectivity index is 3.01. The van der Waals surface area contributed by atoms with Crippen LogP contribution < -0.4 is 10.5 Å². The van der Waals surface area contributed by atoms with Crippen LogP contribution in [0.5, 0.6) is 5.88 Å². The van der Waals surface area contributed by atoms with E-state index in [0.29, 0.717) is 17.3 Å². The van der Waals surface area contributed by atoms with Crippen LogP contribution in [0.15, 0.2) is 12.1 Å². The molecule has 0 aliphatic heterocycles. The first kappa shape index (κ1) is 11.3. The Bertz CT molecular complexity index is 411. The fourth-order valence-corrected chi connectivity index (χ4v) is 0.901. The Morgan fingerprint density at radius 3 is 2.67 bits per heavy atom. The van der Waals surface area contributed by atoms with Crippen molar-refractivity contribution in [3.8, 4) is 17.7 Å². The minimum Gasteiger partial charge on any atom is -0.479 e. The third-order valence-corrected chi connectivity index (χ3v) is 1.58. The molecule has 0 amide bonds. The molecular weight excluding hydrogens is 192 g/mol. The van der Waals surface area contributed by atoms with Gasteiger partial charge in [0, 0.05) is 0 Å². The molecule has 1 rings (SSSR count). The third-order valence-electron chi connectivity index (χ3n) is 1.58. The number of aliphatic hydroxyl groups is 1. The lowest BCUT2D eigenvalue weighted by molar-refractivity contribution is 0.143. The lowest BCUT2D eigenvalue weighted by Crippen LogP contribution is -2.14. The van der Waals surface area contributed by atoms with Crippen LogP contribution in [0.3, 0.4) is 0 Å². The normalized spacial score (nSPS) is 10.4. The number of methoxy groups -OCH3 is 1. The van der Waals surface area contributed by atoms with Crippen molar-refractivity contribution < 1.29 is 9.84 Å². The summed E-state index contributed by atoms with van der Waals surface area (Å²) in [5, 5.41) is 9.40. The summed E-state index contributed by atoms with van der Waals surface area (Å²) in [7, 11) is 1.49. The second-order valence-electron chi connectivity index (χ2n) is 3.60. The van der Waals surface area contributed by atoms with E-state index in [1.807, 2.05) is 0 Å². The van der Waals surface area contributed by atoms with Crippen molar-refractivity contribution in [2.24, 2.45) is 0 Å². The topological polar surface area (TPSA) is 68.4 Å². The quantitative estimate of drug-likeness (QED) is 0.667. The Morgan fingerprint density at radius 2 is 2.13 bits per heavy atom. The van der Waals surface area contributed by atoms with Gasteiger partial charge in [0.2, 0.25) is 5.88 Å². The predicted molar refractivity (Wildman–Crippen MR) is 58.4 cm³/mol. The number of rotatable bonds is 1. The molecule has 1 heterocycles. The molecule has 0 radical (unpaired) electrons. The highest BCUT2D eigenvalue weighted by Crippen LogP contribution is 2.17. The first-order valence-corrected chi connectivity index (χ1v) is 4.48. The van der Waals surface area contributed by atoms with E-state index in [2.05, 4.69) is 16.8 Å². The van der Waals surface area contributed by atoms with Gasteiger partial charge in [-0.05, 0) is 31.9 Å². The average molecular weight is 206 g/mol. The molecule has 0 aliphatic carbocycles. The molecule has 1 aromatic rings. The second-order valence-corrected chi connectivity index (χ2v) is 3.60. The second kappa shape index (κ2) is 4.20. The molecule has 1 aromatic heterocycles. The third kappa shape index (κ3) is 3.49. The number of hydrogen-bond acceptors (Lipinski definition) is 4. The summed E-state index contributed by atoms with van der Waals surface area (Å²) in [5.41, 5.74) is 5.55. The number of nitrogens with zero attached hydrogens (tertiary/aromatic N) is 1. The van der Waals surface area contributed by atoms with E-state index in [0.717, 1.165) is 0 Å². The van der Waals surface area contributed by atoms with Crippen molar-refractivity contribution in [3.05, 3.63) is 17.8 Å². The van der Waals surface area contributed by atoms with Crippen LogP contribution in [-0.4, -0.2) is 22.8 Å². The fraction of sp³-hybridized carbons (Fsp3) is 0.364. The highest BCUT2D eigenvalue weighted by Gasteiger charge is 2.06. The SMILES string of the molecule is COc1nc(C#CC(C)(C)O)ccc1N. The van der Waals surface area contributed by atoms with E-state index in [1.165, 1.54) is 7.11 Å². The first-order chi connectivity index (χ1) is 6.92. The van der Waals surface area contributed by atoms with Gasteiger partial charge < -0.3 is 15.6 Å². The minimum atomic E-state index is -1.03. The van der Waals surface area contributed by atoms with E-state index in [-0.39, 0.29) is 0 Å². The first-order valence-electron chi connectivity index (χ1n) is 4.48. The highest BCUT2D eigenvalue weighted by atomic mass is 16.5. The molecule has 0 spiro atoms. The van der Waals surface area contributed by atoms with Crippen LogP contribution in [0.2, 0.25) is 0 Å². The van der Waals surface area contributed by atoms with E-state index in [4.69, 9.17) is 10.5 Å². The maximum absolute atomic E-state index is 9.40. The van der Waals surface area contributed by atoms with Crippen molar-refractivity contribution in [1.29, 1.82) is 0 Å². The van der Waals surface area contributed by atoms with Crippen molar-refractivity contribution in [1.82, 2.24) is 4.98 Å². The maximum Gasteiger partial charge on any atom is 0.238 e. The van der Waals surface area contributed by atoms with Gasteiger partial charge in [-0.1, -0.05) is 5.92 Å². The number of nitrogens with two attached hydrogens (primary N) is 1. The summed E-state index contributed by atoms with van der Waals surface area (Å²) >= 11 is 0. The molecule has 0 bridgehead atoms. The van der Waals surface area contributed by atoms with E-state index < -0.39 is 5.60 Å².